The topological polar surface area (TPSA) is 73.7 Å². The van der Waals surface area contributed by atoms with Crippen molar-refractivity contribution in [1.82, 2.24) is 14.1 Å². The third-order valence-electron chi connectivity index (χ3n) is 4.57. The van der Waals surface area contributed by atoms with Crippen LogP contribution < -0.4 is 0 Å². The lowest BCUT2D eigenvalue weighted by molar-refractivity contribution is -0.0760. The van der Waals surface area contributed by atoms with Gasteiger partial charge in [0, 0.05) is 38.7 Å². The molecule has 0 spiro atoms. The predicted octanol–water partition coefficient (Wildman–Crippen LogP) is 0.871. The van der Waals surface area contributed by atoms with Crippen LogP contribution in [-0.2, 0) is 26.0 Å². The molecule has 0 N–H and O–H groups in total. The Bertz CT molecular complexity index is 590. The SMILES string of the molecule is CCS(=O)(=O)N1C[C@@H](OCCCn2cccn2)[C@H]2OCCC[C@H]21. The Balaban J connectivity index is 1.56. The monoisotopic (exact) mass is 343 g/mol. The fourth-order valence-corrected chi connectivity index (χ4v) is 4.74. The highest BCUT2D eigenvalue weighted by atomic mass is 32.2. The molecule has 0 aliphatic carbocycles. The van der Waals surface area contributed by atoms with Crippen molar-refractivity contribution in [2.75, 3.05) is 25.5 Å². The van der Waals surface area contributed by atoms with E-state index in [-0.39, 0.29) is 24.0 Å². The Hall–Kier alpha value is -0.960. The van der Waals surface area contributed by atoms with E-state index in [1.165, 1.54) is 0 Å². The van der Waals surface area contributed by atoms with Crippen LogP contribution in [0.3, 0.4) is 0 Å². The van der Waals surface area contributed by atoms with Gasteiger partial charge in [0.25, 0.3) is 0 Å². The summed E-state index contributed by atoms with van der Waals surface area (Å²) in [6.45, 7) is 4.16. The highest BCUT2D eigenvalue weighted by molar-refractivity contribution is 7.89. The Labute approximate surface area is 137 Å². The molecule has 7 nitrogen and oxygen atoms in total. The van der Waals surface area contributed by atoms with E-state index in [1.807, 2.05) is 16.9 Å². The van der Waals surface area contributed by atoms with E-state index in [9.17, 15) is 8.42 Å². The molecule has 2 saturated heterocycles. The minimum absolute atomic E-state index is 0.0650. The maximum Gasteiger partial charge on any atom is 0.214 e. The third kappa shape index (κ3) is 3.76. The zero-order valence-corrected chi connectivity index (χ0v) is 14.3. The maximum absolute atomic E-state index is 12.3. The van der Waals surface area contributed by atoms with E-state index < -0.39 is 10.0 Å². The predicted molar refractivity (Wildman–Crippen MR) is 85.5 cm³/mol. The van der Waals surface area contributed by atoms with Gasteiger partial charge < -0.3 is 9.47 Å². The molecule has 0 aromatic carbocycles. The molecule has 3 atom stereocenters. The van der Waals surface area contributed by atoms with Gasteiger partial charge in [-0.15, -0.1) is 0 Å². The van der Waals surface area contributed by atoms with Crippen LogP contribution in [0.4, 0.5) is 0 Å². The van der Waals surface area contributed by atoms with Gasteiger partial charge in [0.1, 0.15) is 6.10 Å². The van der Waals surface area contributed by atoms with E-state index in [1.54, 1.807) is 17.4 Å². The highest BCUT2D eigenvalue weighted by Gasteiger charge is 2.48. The van der Waals surface area contributed by atoms with Crippen LogP contribution in [0.2, 0.25) is 0 Å². The normalized spacial score (nSPS) is 28.8. The lowest BCUT2D eigenvalue weighted by Crippen LogP contribution is -2.44. The number of fused-ring (bicyclic) bond motifs is 1. The van der Waals surface area contributed by atoms with Crippen molar-refractivity contribution in [2.24, 2.45) is 0 Å². The van der Waals surface area contributed by atoms with E-state index in [2.05, 4.69) is 5.10 Å². The van der Waals surface area contributed by atoms with Crippen molar-refractivity contribution < 1.29 is 17.9 Å². The molecule has 1 aromatic heterocycles. The number of aromatic nitrogens is 2. The summed E-state index contributed by atoms with van der Waals surface area (Å²) in [5.74, 6) is 0.127. The number of aryl methyl sites for hydroxylation is 1. The van der Waals surface area contributed by atoms with Gasteiger partial charge in [-0.3, -0.25) is 4.68 Å². The lowest BCUT2D eigenvalue weighted by Gasteiger charge is -2.31. The molecule has 0 amide bonds. The first-order valence-corrected chi connectivity index (χ1v) is 9.93. The fraction of sp³-hybridized carbons (Fsp3) is 0.800. The molecule has 0 unspecified atom stereocenters. The summed E-state index contributed by atoms with van der Waals surface area (Å²) in [6.07, 6.45) is 5.99. The van der Waals surface area contributed by atoms with Crippen LogP contribution in [0.1, 0.15) is 26.2 Å². The summed E-state index contributed by atoms with van der Waals surface area (Å²) in [5, 5.41) is 4.16. The number of hydrogen-bond donors (Lipinski definition) is 0. The quantitative estimate of drug-likeness (QED) is 0.687. The number of rotatable bonds is 7. The zero-order chi connectivity index (χ0) is 16.3. The zero-order valence-electron chi connectivity index (χ0n) is 13.5. The summed E-state index contributed by atoms with van der Waals surface area (Å²) < 4.78 is 39.9. The molecule has 130 valence electrons. The Morgan fingerprint density at radius 2 is 2.30 bits per heavy atom. The van der Waals surface area contributed by atoms with E-state index in [0.29, 0.717) is 19.8 Å². The van der Waals surface area contributed by atoms with Crippen molar-refractivity contribution in [3.05, 3.63) is 18.5 Å². The maximum atomic E-state index is 12.3. The molecule has 3 heterocycles. The molecular formula is C15H25N3O4S. The number of ether oxygens (including phenoxy) is 2. The molecule has 3 rings (SSSR count). The van der Waals surface area contributed by atoms with Gasteiger partial charge in [-0.2, -0.15) is 9.40 Å². The van der Waals surface area contributed by atoms with Crippen LogP contribution in [0, 0.1) is 0 Å². The first-order chi connectivity index (χ1) is 11.1. The van der Waals surface area contributed by atoms with Gasteiger partial charge >= 0.3 is 0 Å². The van der Waals surface area contributed by atoms with Crippen molar-refractivity contribution in [3.8, 4) is 0 Å². The average Bonchev–Trinajstić information content (AvgIpc) is 3.20. The lowest BCUT2D eigenvalue weighted by atomic mass is 10.0. The Morgan fingerprint density at radius 3 is 3.04 bits per heavy atom. The minimum atomic E-state index is -3.21. The molecule has 0 saturated carbocycles. The van der Waals surface area contributed by atoms with Gasteiger partial charge in [-0.25, -0.2) is 8.42 Å². The van der Waals surface area contributed by atoms with Crippen molar-refractivity contribution in [2.45, 2.75) is 51.0 Å². The van der Waals surface area contributed by atoms with Crippen LogP contribution in [0.25, 0.3) is 0 Å². The first-order valence-electron chi connectivity index (χ1n) is 8.32. The Morgan fingerprint density at radius 1 is 1.43 bits per heavy atom. The van der Waals surface area contributed by atoms with Crippen molar-refractivity contribution in [1.29, 1.82) is 0 Å². The number of nitrogens with zero attached hydrogens (tertiary/aromatic N) is 3. The van der Waals surface area contributed by atoms with Gasteiger partial charge in [-0.1, -0.05) is 0 Å². The second kappa shape index (κ2) is 7.29. The summed E-state index contributed by atoms with van der Waals surface area (Å²) in [6, 6.07) is 1.83. The smallest absolute Gasteiger partial charge is 0.214 e. The first kappa shape index (κ1) is 16.9. The average molecular weight is 343 g/mol. The molecule has 0 radical (unpaired) electrons. The summed E-state index contributed by atoms with van der Waals surface area (Å²) in [5.41, 5.74) is 0. The molecule has 8 heteroatoms. The third-order valence-corrected chi connectivity index (χ3v) is 6.44. The van der Waals surface area contributed by atoms with Gasteiger partial charge in [0.05, 0.1) is 17.9 Å². The van der Waals surface area contributed by atoms with E-state index in [4.69, 9.17) is 9.47 Å². The van der Waals surface area contributed by atoms with Crippen molar-refractivity contribution in [3.63, 3.8) is 0 Å². The van der Waals surface area contributed by atoms with Crippen LogP contribution in [0.5, 0.6) is 0 Å². The van der Waals surface area contributed by atoms with Crippen molar-refractivity contribution >= 4 is 10.0 Å². The van der Waals surface area contributed by atoms with Gasteiger partial charge in [0.15, 0.2) is 0 Å². The highest BCUT2D eigenvalue weighted by Crippen LogP contribution is 2.32. The number of sulfonamides is 1. The molecule has 23 heavy (non-hydrogen) atoms. The molecule has 2 aliphatic heterocycles. The van der Waals surface area contributed by atoms with Crippen LogP contribution in [-0.4, -0.2) is 66.3 Å². The molecule has 0 bridgehead atoms. The Kier molecular flexibility index (Phi) is 5.35. The number of hydrogen-bond acceptors (Lipinski definition) is 5. The second-order valence-electron chi connectivity index (χ2n) is 6.05. The largest absolute Gasteiger partial charge is 0.374 e. The second-order valence-corrected chi connectivity index (χ2v) is 8.26. The molecule has 2 aliphatic rings. The standard InChI is InChI=1S/C15H25N3O4S/c1-2-23(19,20)18-12-14(15-13(18)6-3-10-22-15)21-11-5-9-17-8-4-7-16-17/h4,7-8,13-15H,2-3,5-6,9-12H2,1H3/t13-,14-,15+/m1/s1. The minimum Gasteiger partial charge on any atom is -0.374 e. The van der Waals surface area contributed by atoms with Gasteiger partial charge in [-0.05, 0) is 32.3 Å². The summed E-state index contributed by atoms with van der Waals surface area (Å²) in [7, 11) is -3.21. The van der Waals surface area contributed by atoms with E-state index >= 15 is 0 Å². The van der Waals surface area contributed by atoms with Crippen LogP contribution >= 0.6 is 0 Å². The van der Waals surface area contributed by atoms with Gasteiger partial charge in [0.2, 0.25) is 10.0 Å². The molecular weight excluding hydrogens is 318 g/mol. The summed E-state index contributed by atoms with van der Waals surface area (Å²) >= 11 is 0. The van der Waals surface area contributed by atoms with Crippen LogP contribution in [0.15, 0.2) is 18.5 Å². The van der Waals surface area contributed by atoms with E-state index in [0.717, 1.165) is 25.8 Å². The summed E-state index contributed by atoms with van der Waals surface area (Å²) in [4.78, 5) is 0. The molecule has 1 aromatic rings. The molecule has 2 fully saturated rings. The fourth-order valence-electron chi connectivity index (χ4n) is 3.39.